The first-order valence-corrected chi connectivity index (χ1v) is 5.53. The van der Waals surface area contributed by atoms with Crippen LogP contribution in [0.15, 0.2) is 18.3 Å². The fraction of sp³-hybridized carbons (Fsp3) is 0.545. The highest BCUT2D eigenvalue weighted by Crippen LogP contribution is 2.11. The number of rotatable bonds is 5. The van der Waals surface area contributed by atoms with E-state index in [2.05, 4.69) is 36.1 Å². The summed E-state index contributed by atoms with van der Waals surface area (Å²) in [5.74, 6) is 0. The lowest BCUT2D eigenvalue weighted by Gasteiger charge is -2.21. The minimum absolute atomic E-state index is 0.525. The van der Waals surface area contributed by atoms with Gasteiger partial charge in [-0.1, -0.05) is 11.6 Å². The van der Waals surface area contributed by atoms with E-state index in [1.54, 1.807) is 6.20 Å². The van der Waals surface area contributed by atoms with Crippen molar-refractivity contribution in [1.82, 2.24) is 9.88 Å². The summed E-state index contributed by atoms with van der Waals surface area (Å²) >= 11 is 5.78. The van der Waals surface area contributed by atoms with E-state index in [-0.39, 0.29) is 0 Å². The van der Waals surface area contributed by atoms with Gasteiger partial charge in [-0.2, -0.15) is 0 Å². The average molecular weight is 228 g/mol. The molecule has 15 heavy (non-hydrogen) atoms. The Bertz CT molecular complexity index is 302. The third-order valence-corrected chi connectivity index (χ3v) is 2.61. The Morgan fingerprint density at radius 1 is 1.53 bits per heavy atom. The van der Waals surface area contributed by atoms with Crippen LogP contribution in [-0.4, -0.2) is 36.1 Å². The van der Waals surface area contributed by atoms with Gasteiger partial charge in [0.25, 0.3) is 0 Å². The van der Waals surface area contributed by atoms with Gasteiger partial charge in [0, 0.05) is 31.0 Å². The number of hydrogen-bond acceptors (Lipinski definition) is 3. The molecule has 0 amide bonds. The van der Waals surface area contributed by atoms with Crippen molar-refractivity contribution in [1.29, 1.82) is 0 Å². The van der Waals surface area contributed by atoms with Crippen molar-refractivity contribution in [2.45, 2.75) is 19.9 Å². The lowest BCUT2D eigenvalue weighted by atomic mass is 10.3. The smallest absolute Gasteiger partial charge is 0.131 e. The average Bonchev–Trinajstić information content (AvgIpc) is 2.17. The molecule has 1 aromatic heterocycles. The molecule has 0 aliphatic rings. The molecule has 0 aliphatic heterocycles. The van der Waals surface area contributed by atoms with Crippen LogP contribution in [0.4, 0.5) is 5.69 Å². The molecule has 3 nitrogen and oxygen atoms in total. The summed E-state index contributed by atoms with van der Waals surface area (Å²) in [6.45, 7) is 6.29. The number of hydrogen-bond donors (Lipinski definition) is 1. The SMILES string of the molecule is CC(C)N(C)CCNc1ccnc(Cl)c1. The van der Waals surface area contributed by atoms with E-state index in [9.17, 15) is 0 Å². The van der Waals surface area contributed by atoms with Crippen LogP contribution in [0.3, 0.4) is 0 Å². The van der Waals surface area contributed by atoms with Crippen LogP contribution in [0, 0.1) is 0 Å². The zero-order chi connectivity index (χ0) is 11.3. The fourth-order valence-electron chi connectivity index (χ4n) is 1.15. The van der Waals surface area contributed by atoms with E-state index >= 15 is 0 Å². The molecule has 1 rings (SSSR count). The molecule has 1 heterocycles. The zero-order valence-electron chi connectivity index (χ0n) is 9.50. The van der Waals surface area contributed by atoms with Gasteiger partial charge < -0.3 is 10.2 Å². The third kappa shape index (κ3) is 4.49. The van der Waals surface area contributed by atoms with Crippen molar-refractivity contribution in [3.63, 3.8) is 0 Å². The molecule has 0 fully saturated rings. The lowest BCUT2D eigenvalue weighted by molar-refractivity contribution is 0.284. The van der Waals surface area contributed by atoms with Gasteiger partial charge in [-0.15, -0.1) is 0 Å². The quantitative estimate of drug-likeness (QED) is 0.784. The number of aromatic nitrogens is 1. The standard InChI is InChI=1S/C11H18ClN3/c1-9(2)15(3)7-6-13-10-4-5-14-11(12)8-10/h4-5,8-9H,6-7H2,1-3H3,(H,13,14). The van der Waals surface area contributed by atoms with Crippen LogP contribution in [-0.2, 0) is 0 Å². The van der Waals surface area contributed by atoms with Crippen LogP contribution >= 0.6 is 11.6 Å². The fourth-order valence-corrected chi connectivity index (χ4v) is 1.32. The Labute approximate surface area is 96.5 Å². The van der Waals surface area contributed by atoms with Crippen LogP contribution in [0.25, 0.3) is 0 Å². The topological polar surface area (TPSA) is 28.2 Å². The monoisotopic (exact) mass is 227 g/mol. The number of pyridine rings is 1. The second-order valence-electron chi connectivity index (χ2n) is 3.87. The Morgan fingerprint density at radius 2 is 2.27 bits per heavy atom. The highest BCUT2D eigenvalue weighted by molar-refractivity contribution is 6.29. The summed E-state index contributed by atoms with van der Waals surface area (Å²) in [4.78, 5) is 6.21. The minimum atomic E-state index is 0.525. The molecule has 0 saturated heterocycles. The van der Waals surface area contributed by atoms with Crippen molar-refractivity contribution in [2.75, 3.05) is 25.5 Å². The van der Waals surface area contributed by atoms with Crippen LogP contribution < -0.4 is 5.32 Å². The maximum absolute atomic E-state index is 5.78. The predicted molar refractivity (Wildman–Crippen MR) is 65.5 cm³/mol. The Morgan fingerprint density at radius 3 is 2.87 bits per heavy atom. The van der Waals surface area contributed by atoms with E-state index < -0.39 is 0 Å². The van der Waals surface area contributed by atoms with Gasteiger partial charge >= 0.3 is 0 Å². The highest BCUT2D eigenvalue weighted by atomic mass is 35.5. The Hall–Kier alpha value is -0.800. The maximum atomic E-state index is 5.78. The molecule has 1 aromatic rings. The molecule has 1 N–H and O–H groups in total. The van der Waals surface area contributed by atoms with E-state index in [0.717, 1.165) is 18.8 Å². The summed E-state index contributed by atoms with van der Waals surface area (Å²) in [6.07, 6.45) is 1.71. The largest absolute Gasteiger partial charge is 0.384 e. The van der Waals surface area contributed by atoms with Gasteiger partial charge in [-0.05, 0) is 33.0 Å². The van der Waals surface area contributed by atoms with Gasteiger partial charge in [-0.25, -0.2) is 4.98 Å². The molecule has 0 saturated carbocycles. The summed E-state index contributed by atoms with van der Waals surface area (Å²) < 4.78 is 0. The molecule has 0 aromatic carbocycles. The molecule has 0 spiro atoms. The molecule has 84 valence electrons. The Balaban J connectivity index is 2.32. The first-order valence-electron chi connectivity index (χ1n) is 5.15. The van der Waals surface area contributed by atoms with Gasteiger partial charge in [-0.3, -0.25) is 0 Å². The van der Waals surface area contributed by atoms with Gasteiger partial charge in [0.05, 0.1) is 0 Å². The Kier molecular flexibility index (Phi) is 4.85. The summed E-state index contributed by atoms with van der Waals surface area (Å²) in [5.41, 5.74) is 1.02. The second-order valence-corrected chi connectivity index (χ2v) is 4.26. The van der Waals surface area contributed by atoms with Crippen molar-refractivity contribution >= 4 is 17.3 Å². The predicted octanol–water partition coefficient (Wildman–Crippen LogP) is 2.49. The van der Waals surface area contributed by atoms with Crippen LogP contribution in [0.5, 0.6) is 0 Å². The van der Waals surface area contributed by atoms with Gasteiger partial charge in [0.15, 0.2) is 0 Å². The molecule has 0 bridgehead atoms. The third-order valence-electron chi connectivity index (χ3n) is 2.40. The summed E-state index contributed by atoms with van der Waals surface area (Å²) in [6, 6.07) is 4.32. The molecule has 0 aliphatic carbocycles. The molecule has 0 radical (unpaired) electrons. The molecular formula is C11H18ClN3. The number of likely N-dealkylation sites (N-methyl/N-ethyl adjacent to an activating group) is 1. The van der Waals surface area contributed by atoms with Crippen molar-refractivity contribution in [3.8, 4) is 0 Å². The normalized spacial score (nSPS) is 11.1. The zero-order valence-corrected chi connectivity index (χ0v) is 10.3. The maximum Gasteiger partial charge on any atom is 0.131 e. The molecule has 0 unspecified atom stereocenters. The summed E-state index contributed by atoms with van der Waals surface area (Å²) in [5, 5.41) is 3.83. The van der Waals surface area contributed by atoms with E-state index in [1.165, 1.54) is 0 Å². The highest BCUT2D eigenvalue weighted by Gasteiger charge is 2.01. The van der Waals surface area contributed by atoms with Gasteiger partial charge in [0.1, 0.15) is 5.15 Å². The van der Waals surface area contributed by atoms with E-state index in [0.29, 0.717) is 11.2 Å². The molecular weight excluding hydrogens is 210 g/mol. The van der Waals surface area contributed by atoms with E-state index in [4.69, 9.17) is 11.6 Å². The first kappa shape index (κ1) is 12.3. The molecule has 4 heteroatoms. The number of nitrogens with one attached hydrogen (secondary N) is 1. The van der Waals surface area contributed by atoms with Crippen molar-refractivity contribution < 1.29 is 0 Å². The van der Waals surface area contributed by atoms with Crippen molar-refractivity contribution in [2.24, 2.45) is 0 Å². The summed E-state index contributed by atoms with van der Waals surface area (Å²) in [7, 11) is 2.12. The minimum Gasteiger partial charge on any atom is -0.384 e. The van der Waals surface area contributed by atoms with Crippen molar-refractivity contribution in [3.05, 3.63) is 23.5 Å². The lowest BCUT2D eigenvalue weighted by Crippen LogP contribution is -2.31. The van der Waals surface area contributed by atoms with Crippen LogP contribution in [0.1, 0.15) is 13.8 Å². The molecule has 0 atom stereocenters. The number of halogens is 1. The number of anilines is 1. The number of nitrogens with zero attached hydrogens (tertiary/aromatic N) is 2. The van der Waals surface area contributed by atoms with Crippen LogP contribution in [0.2, 0.25) is 5.15 Å². The first-order chi connectivity index (χ1) is 7.09. The van der Waals surface area contributed by atoms with E-state index in [1.807, 2.05) is 12.1 Å². The second kappa shape index (κ2) is 5.93. The van der Waals surface area contributed by atoms with Gasteiger partial charge in [0.2, 0.25) is 0 Å².